The summed E-state index contributed by atoms with van der Waals surface area (Å²) < 4.78 is 0. The molecule has 0 saturated heterocycles. The number of hydrogen-bond acceptors (Lipinski definition) is 1. The van der Waals surface area contributed by atoms with Crippen LogP contribution in [0.3, 0.4) is 0 Å². The normalized spacial score (nSPS) is 12.6. The Hall–Kier alpha value is -1.60. The van der Waals surface area contributed by atoms with E-state index in [2.05, 4.69) is 81.7 Å². The lowest BCUT2D eigenvalue weighted by molar-refractivity contribution is 0.549. The highest BCUT2D eigenvalue weighted by Gasteiger charge is 2.10. The van der Waals surface area contributed by atoms with E-state index in [0.29, 0.717) is 12.0 Å². The number of benzene rings is 2. The molecule has 112 valence electrons. The van der Waals surface area contributed by atoms with Crippen LogP contribution in [0.4, 0.5) is 0 Å². The van der Waals surface area contributed by atoms with E-state index in [1.54, 1.807) is 0 Å². The third-order valence-electron chi connectivity index (χ3n) is 4.20. The molecule has 0 aliphatic rings. The van der Waals surface area contributed by atoms with Crippen molar-refractivity contribution in [3.63, 3.8) is 0 Å². The minimum absolute atomic E-state index is 0.424. The largest absolute Gasteiger partial charge is 0.313 e. The molecular formula is C20H27N. The molecule has 2 aromatic carbocycles. The number of rotatable bonds is 6. The lowest BCUT2D eigenvalue weighted by atomic mass is 9.95. The van der Waals surface area contributed by atoms with Gasteiger partial charge in [0, 0.05) is 6.04 Å². The van der Waals surface area contributed by atoms with Crippen LogP contribution < -0.4 is 5.32 Å². The van der Waals surface area contributed by atoms with Crippen LogP contribution in [0.15, 0.2) is 48.5 Å². The molecule has 0 amide bonds. The topological polar surface area (TPSA) is 12.0 Å². The summed E-state index contributed by atoms with van der Waals surface area (Å²) in [4.78, 5) is 0. The molecule has 0 aliphatic heterocycles. The highest BCUT2D eigenvalue weighted by molar-refractivity contribution is 5.27. The minimum atomic E-state index is 0.424. The maximum atomic E-state index is 3.45. The second-order valence-electron chi connectivity index (χ2n) is 6.19. The van der Waals surface area contributed by atoms with Crippen molar-refractivity contribution in [2.24, 2.45) is 0 Å². The molecule has 0 radical (unpaired) electrons. The first-order valence-electron chi connectivity index (χ1n) is 7.93. The predicted octanol–water partition coefficient (Wildman–Crippen LogP) is 5.01. The first-order chi connectivity index (χ1) is 10.1. The Morgan fingerprint density at radius 3 is 1.95 bits per heavy atom. The van der Waals surface area contributed by atoms with Gasteiger partial charge in [0.05, 0.1) is 0 Å². The van der Waals surface area contributed by atoms with Crippen LogP contribution in [0.1, 0.15) is 54.5 Å². The fourth-order valence-electron chi connectivity index (χ4n) is 2.66. The lowest BCUT2D eigenvalue weighted by Crippen LogP contribution is -2.17. The number of hydrogen-bond donors (Lipinski definition) is 1. The van der Waals surface area contributed by atoms with Crippen molar-refractivity contribution in [3.8, 4) is 0 Å². The van der Waals surface area contributed by atoms with Crippen LogP contribution >= 0.6 is 0 Å². The Bertz CT molecular complexity index is 537. The van der Waals surface area contributed by atoms with Crippen LogP contribution in [0.25, 0.3) is 0 Å². The SMILES string of the molecule is CNC(CCc1ccc(C)cc1)c1ccc(C(C)C)cc1. The molecule has 1 atom stereocenters. The molecule has 0 spiro atoms. The average Bonchev–Trinajstić information content (AvgIpc) is 2.50. The second-order valence-corrected chi connectivity index (χ2v) is 6.19. The smallest absolute Gasteiger partial charge is 0.0320 e. The van der Waals surface area contributed by atoms with Crippen LogP contribution in [-0.2, 0) is 6.42 Å². The standard InChI is InChI=1S/C20H27N/c1-15(2)18-10-12-19(13-11-18)20(21-4)14-9-17-7-5-16(3)6-8-17/h5-8,10-13,15,20-21H,9,14H2,1-4H3. The molecule has 2 rings (SSSR count). The Balaban J connectivity index is 2.00. The highest BCUT2D eigenvalue weighted by atomic mass is 14.9. The van der Waals surface area contributed by atoms with Crippen molar-refractivity contribution in [1.82, 2.24) is 5.32 Å². The van der Waals surface area contributed by atoms with Gasteiger partial charge < -0.3 is 5.32 Å². The quantitative estimate of drug-likeness (QED) is 0.784. The fraction of sp³-hybridized carbons (Fsp3) is 0.400. The third kappa shape index (κ3) is 4.44. The molecule has 2 aromatic rings. The molecular weight excluding hydrogens is 254 g/mol. The Kier molecular flexibility index (Phi) is 5.58. The van der Waals surface area contributed by atoms with E-state index >= 15 is 0 Å². The van der Waals surface area contributed by atoms with Gasteiger partial charge in [-0.25, -0.2) is 0 Å². The summed E-state index contributed by atoms with van der Waals surface area (Å²) in [5.41, 5.74) is 5.54. The zero-order valence-electron chi connectivity index (χ0n) is 13.7. The lowest BCUT2D eigenvalue weighted by Gasteiger charge is -2.18. The molecule has 1 nitrogen and oxygen atoms in total. The summed E-state index contributed by atoms with van der Waals surface area (Å²) in [7, 11) is 2.05. The zero-order chi connectivity index (χ0) is 15.2. The van der Waals surface area contributed by atoms with Crippen molar-refractivity contribution < 1.29 is 0 Å². The van der Waals surface area contributed by atoms with E-state index in [4.69, 9.17) is 0 Å². The Morgan fingerprint density at radius 1 is 0.857 bits per heavy atom. The van der Waals surface area contributed by atoms with Crippen molar-refractivity contribution in [2.45, 2.75) is 45.6 Å². The van der Waals surface area contributed by atoms with Crippen LogP contribution in [0.2, 0.25) is 0 Å². The third-order valence-corrected chi connectivity index (χ3v) is 4.20. The van der Waals surface area contributed by atoms with Crippen molar-refractivity contribution >= 4 is 0 Å². The van der Waals surface area contributed by atoms with E-state index in [1.807, 2.05) is 0 Å². The van der Waals surface area contributed by atoms with Gasteiger partial charge in [-0.15, -0.1) is 0 Å². The molecule has 0 saturated carbocycles. The monoisotopic (exact) mass is 281 g/mol. The fourth-order valence-corrected chi connectivity index (χ4v) is 2.66. The summed E-state index contributed by atoms with van der Waals surface area (Å²) in [6, 6.07) is 18.4. The second kappa shape index (κ2) is 7.42. The van der Waals surface area contributed by atoms with Crippen LogP contribution in [0.5, 0.6) is 0 Å². The van der Waals surface area contributed by atoms with Gasteiger partial charge in [-0.05, 0) is 49.4 Å². The molecule has 1 heteroatoms. The summed E-state index contributed by atoms with van der Waals surface area (Å²) in [5, 5.41) is 3.45. The Labute approximate surface area is 129 Å². The molecule has 21 heavy (non-hydrogen) atoms. The molecule has 0 fully saturated rings. The van der Waals surface area contributed by atoms with Gasteiger partial charge in [-0.1, -0.05) is 67.9 Å². The van der Waals surface area contributed by atoms with E-state index in [0.717, 1.165) is 12.8 Å². The summed E-state index contributed by atoms with van der Waals surface area (Å²) >= 11 is 0. The predicted molar refractivity (Wildman–Crippen MR) is 91.8 cm³/mol. The van der Waals surface area contributed by atoms with Gasteiger partial charge in [0.15, 0.2) is 0 Å². The summed E-state index contributed by atoms with van der Waals surface area (Å²) in [6.07, 6.45) is 2.23. The zero-order valence-corrected chi connectivity index (χ0v) is 13.7. The number of aryl methyl sites for hydroxylation is 2. The van der Waals surface area contributed by atoms with Crippen molar-refractivity contribution in [3.05, 3.63) is 70.8 Å². The average molecular weight is 281 g/mol. The van der Waals surface area contributed by atoms with E-state index in [-0.39, 0.29) is 0 Å². The molecule has 1 N–H and O–H groups in total. The minimum Gasteiger partial charge on any atom is -0.313 e. The van der Waals surface area contributed by atoms with Gasteiger partial charge in [-0.3, -0.25) is 0 Å². The molecule has 0 aromatic heterocycles. The highest BCUT2D eigenvalue weighted by Crippen LogP contribution is 2.22. The van der Waals surface area contributed by atoms with Gasteiger partial charge in [0.1, 0.15) is 0 Å². The Morgan fingerprint density at radius 2 is 1.43 bits per heavy atom. The summed E-state index contributed by atoms with van der Waals surface area (Å²) in [5.74, 6) is 0.597. The van der Waals surface area contributed by atoms with Crippen LogP contribution in [0, 0.1) is 6.92 Å². The van der Waals surface area contributed by atoms with Gasteiger partial charge >= 0.3 is 0 Å². The maximum absolute atomic E-state index is 3.45. The number of nitrogens with one attached hydrogen (secondary N) is 1. The van der Waals surface area contributed by atoms with Crippen molar-refractivity contribution in [2.75, 3.05) is 7.05 Å². The molecule has 1 unspecified atom stereocenters. The maximum Gasteiger partial charge on any atom is 0.0320 e. The molecule has 0 heterocycles. The van der Waals surface area contributed by atoms with Gasteiger partial charge in [-0.2, -0.15) is 0 Å². The molecule has 0 aliphatic carbocycles. The molecule has 0 bridgehead atoms. The van der Waals surface area contributed by atoms with Gasteiger partial charge in [0.25, 0.3) is 0 Å². The first-order valence-corrected chi connectivity index (χ1v) is 7.93. The van der Waals surface area contributed by atoms with Gasteiger partial charge in [0.2, 0.25) is 0 Å². The van der Waals surface area contributed by atoms with Crippen LogP contribution in [-0.4, -0.2) is 7.05 Å². The van der Waals surface area contributed by atoms with Crippen molar-refractivity contribution in [1.29, 1.82) is 0 Å². The summed E-state index contributed by atoms with van der Waals surface area (Å²) in [6.45, 7) is 6.61. The van der Waals surface area contributed by atoms with E-state index < -0.39 is 0 Å². The van der Waals surface area contributed by atoms with E-state index in [9.17, 15) is 0 Å². The first kappa shape index (κ1) is 15.8. The van der Waals surface area contributed by atoms with E-state index in [1.165, 1.54) is 22.3 Å².